The summed E-state index contributed by atoms with van der Waals surface area (Å²) in [5, 5.41) is 14.0. The van der Waals surface area contributed by atoms with E-state index in [2.05, 4.69) is 11.0 Å². The Bertz CT molecular complexity index is 1310. The molecule has 1 amide bonds. The molecule has 2 aliphatic heterocycles. The maximum Gasteiger partial charge on any atom is 0.254 e. The minimum atomic E-state index is -1.03. The number of nitriles is 1. The van der Waals surface area contributed by atoms with Gasteiger partial charge in [-0.1, -0.05) is 0 Å². The second-order valence-corrected chi connectivity index (χ2v) is 9.27. The zero-order valence-corrected chi connectivity index (χ0v) is 19.3. The van der Waals surface area contributed by atoms with Gasteiger partial charge in [0.15, 0.2) is 17.3 Å². The van der Waals surface area contributed by atoms with Gasteiger partial charge in [-0.05, 0) is 57.2 Å². The number of carbonyl (C=O) groups is 1. The zero-order chi connectivity index (χ0) is 24.0. The summed E-state index contributed by atoms with van der Waals surface area (Å²) in [6.45, 7) is 5.58. The number of amides is 1. The van der Waals surface area contributed by atoms with Crippen molar-refractivity contribution in [2.75, 3.05) is 24.5 Å². The minimum Gasteiger partial charge on any atom is -0.355 e. The van der Waals surface area contributed by atoms with Gasteiger partial charge in [0.2, 0.25) is 0 Å². The number of likely N-dealkylation sites (tertiary alicyclic amines) is 1. The summed E-state index contributed by atoms with van der Waals surface area (Å²) in [5.41, 5.74) is 2.96. The number of piperidine rings is 1. The van der Waals surface area contributed by atoms with E-state index in [1.54, 1.807) is 16.3 Å². The summed E-state index contributed by atoms with van der Waals surface area (Å²) < 4.78 is 29.2. The highest BCUT2D eigenvalue weighted by Gasteiger charge is 2.32. The molecule has 2 saturated heterocycles. The lowest BCUT2D eigenvalue weighted by Gasteiger charge is -2.35. The fraction of sp³-hybridized carbons (Fsp3) is 0.440. The van der Waals surface area contributed by atoms with Gasteiger partial charge >= 0.3 is 0 Å². The van der Waals surface area contributed by atoms with Crippen molar-refractivity contribution in [2.24, 2.45) is 5.92 Å². The van der Waals surface area contributed by atoms with Crippen LogP contribution in [0.1, 0.15) is 58.9 Å². The molecule has 9 heteroatoms. The van der Waals surface area contributed by atoms with E-state index in [0.29, 0.717) is 24.3 Å². The van der Waals surface area contributed by atoms with Crippen LogP contribution in [0.25, 0.3) is 5.65 Å². The molecule has 176 valence electrons. The van der Waals surface area contributed by atoms with E-state index < -0.39 is 11.6 Å². The highest BCUT2D eigenvalue weighted by Crippen LogP contribution is 2.33. The standard InChI is InChI=1S/C25H26F2N6O/c1-15-9-19(26)20(27)10-18(15)25(34)32-7-4-3-5-22(32)21-11-23-29-24(16(2)13-33(23)30-21)31-8-6-17(12-28)14-31/h9-11,13,17,22H,3-8,14H2,1-2H3. The Balaban J connectivity index is 1.47. The van der Waals surface area contributed by atoms with Gasteiger partial charge in [-0.25, -0.2) is 18.3 Å². The maximum absolute atomic E-state index is 13.9. The number of rotatable bonds is 3. The number of halogens is 2. The van der Waals surface area contributed by atoms with Crippen LogP contribution in [0.4, 0.5) is 14.6 Å². The second-order valence-electron chi connectivity index (χ2n) is 9.27. The molecule has 0 aliphatic carbocycles. The molecule has 2 aliphatic rings. The fourth-order valence-electron chi connectivity index (χ4n) is 5.07. The van der Waals surface area contributed by atoms with E-state index in [9.17, 15) is 18.8 Å². The zero-order valence-electron chi connectivity index (χ0n) is 19.3. The Labute approximate surface area is 196 Å². The van der Waals surface area contributed by atoms with Gasteiger partial charge in [-0.15, -0.1) is 0 Å². The van der Waals surface area contributed by atoms with Crippen LogP contribution in [0.15, 0.2) is 24.4 Å². The summed E-state index contributed by atoms with van der Waals surface area (Å²) >= 11 is 0. The molecule has 0 radical (unpaired) electrons. The van der Waals surface area contributed by atoms with Gasteiger partial charge in [-0.2, -0.15) is 10.4 Å². The topological polar surface area (TPSA) is 77.5 Å². The minimum absolute atomic E-state index is 0.0134. The number of fused-ring (bicyclic) bond motifs is 1. The van der Waals surface area contributed by atoms with Crippen molar-refractivity contribution in [3.05, 3.63) is 58.4 Å². The largest absolute Gasteiger partial charge is 0.355 e. The fourth-order valence-corrected chi connectivity index (χ4v) is 5.07. The van der Waals surface area contributed by atoms with Crippen LogP contribution in [-0.4, -0.2) is 45.0 Å². The van der Waals surface area contributed by atoms with E-state index in [0.717, 1.165) is 61.4 Å². The quantitative estimate of drug-likeness (QED) is 0.576. The van der Waals surface area contributed by atoms with Gasteiger partial charge in [0, 0.05) is 43.0 Å². The first-order valence-electron chi connectivity index (χ1n) is 11.6. The first-order valence-corrected chi connectivity index (χ1v) is 11.6. The van der Waals surface area contributed by atoms with E-state index in [-0.39, 0.29) is 23.4 Å². The van der Waals surface area contributed by atoms with Crippen LogP contribution in [0.2, 0.25) is 0 Å². The van der Waals surface area contributed by atoms with E-state index >= 15 is 0 Å². The Morgan fingerprint density at radius 1 is 1.09 bits per heavy atom. The number of hydrogen-bond donors (Lipinski definition) is 0. The number of nitrogens with zero attached hydrogens (tertiary/aromatic N) is 6. The third-order valence-electron chi connectivity index (χ3n) is 6.90. The number of benzene rings is 1. The van der Waals surface area contributed by atoms with Crippen LogP contribution >= 0.6 is 0 Å². The monoisotopic (exact) mass is 464 g/mol. The molecule has 2 atom stereocenters. The molecule has 4 heterocycles. The highest BCUT2D eigenvalue weighted by molar-refractivity contribution is 5.96. The lowest BCUT2D eigenvalue weighted by Crippen LogP contribution is -2.39. The van der Waals surface area contributed by atoms with E-state index in [4.69, 9.17) is 10.1 Å². The summed E-state index contributed by atoms with van der Waals surface area (Å²) in [6, 6.07) is 6.02. The number of anilines is 1. The Hall–Kier alpha value is -3.54. The molecule has 3 aromatic rings. The molecule has 2 fully saturated rings. The lowest BCUT2D eigenvalue weighted by atomic mass is 9.97. The Morgan fingerprint density at radius 3 is 2.65 bits per heavy atom. The van der Waals surface area contributed by atoms with Crippen molar-refractivity contribution in [3.8, 4) is 6.07 Å². The molecule has 5 rings (SSSR count). The van der Waals surface area contributed by atoms with Crippen molar-refractivity contribution in [2.45, 2.75) is 45.6 Å². The number of aromatic nitrogens is 3. The van der Waals surface area contributed by atoms with Gasteiger partial charge in [-0.3, -0.25) is 4.79 Å². The van der Waals surface area contributed by atoms with Crippen LogP contribution < -0.4 is 4.90 Å². The molecule has 2 aromatic heterocycles. The number of aryl methyl sites for hydroxylation is 2. The molecule has 34 heavy (non-hydrogen) atoms. The van der Waals surface area contributed by atoms with Crippen molar-refractivity contribution in [1.82, 2.24) is 19.5 Å². The maximum atomic E-state index is 13.9. The van der Waals surface area contributed by atoms with Gasteiger partial charge < -0.3 is 9.80 Å². The molecule has 1 aromatic carbocycles. The smallest absolute Gasteiger partial charge is 0.254 e. The predicted octanol–water partition coefficient (Wildman–Crippen LogP) is 4.34. The predicted molar refractivity (Wildman–Crippen MR) is 122 cm³/mol. The normalized spacial score (nSPS) is 20.7. The van der Waals surface area contributed by atoms with Crippen LogP contribution in [0.5, 0.6) is 0 Å². The van der Waals surface area contributed by atoms with Gasteiger partial charge in [0.05, 0.1) is 23.7 Å². The van der Waals surface area contributed by atoms with Crippen LogP contribution in [0.3, 0.4) is 0 Å². The SMILES string of the molecule is Cc1cc(F)c(F)cc1C(=O)N1CCCCC1c1cc2nc(N3CCC(C#N)C3)c(C)cn2n1. The van der Waals surface area contributed by atoms with E-state index in [1.807, 2.05) is 19.2 Å². The van der Waals surface area contributed by atoms with E-state index in [1.165, 1.54) is 0 Å². The molecule has 7 nitrogen and oxygen atoms in total. The highest BCUT2D eigenvalue weighted by atomic mass is 19.2. The first kappa shape index (κ1) is 22.3. The van der Waals surface area contributed by atoms with Crippen LogP contribution in [0, 0.1) is 42.7 Å². The summed E-state index contributed by atoms with van der Waals surface area (Å²) in [5.74, 6) is -1.43. The average molecular weight is 465 g/mol. The van der Waals surface area contributed by atoms with Crippen molar-refractivity contribution >= 4 is 17.4 Å². The summed E-state index contributed by atoms with van der Waals surface area (Å²) in [4.78, 5) is 22.1. The Kier molecular flexibility index (Phi) is 5.68. The van der Waals surface area contributed by atoms with Gasteiger partial charge in [0.25, 0.3) is 5.91 Å². The lowest BCUT2D eigenvalue weighted by molar-refractivity contribution is 0.0604. The molecule has 0 saturated carbocycles. The third kappa shape index (κ3) is 3.87. The molecule has 0 spiro atoms. The average Bonchev–Trinajstić information content (AvgIpc) is 3.47. The summed E-state index contributed by atoms with van der Waals surface area (Å²) in [6.07, 6.45) is 5.28. The number of carbonyl (C=O) groups excluding carboxylic acids is 1. The Morgan fingerprint density at radius 2 is 1.88 bits per heavy atom. The van der Waals surface area contributed by atoms with Gasteiger partial charge in [0.1, 0.15) is 5.82 Å². The number of hydrogen-bond acceptors (Lipinski definition) is 5. The molecule has 0 N–H and O–H groups in total. The molecular formula is C25H26F2N6O. The van der Waals surface area contributed by atoms with Crippen LogP contribution in [-0.2, 0) is 0 Å². The molecular weight excluding hydrogens is 438 g/mol. The van der Waals surface area contributed by atoms with Crippen molar-refractivity contribution < 1.29 is 13.6 Å². The molecule has 0 bridgehead atoms. The first-order chi connectivity index (χ1) is 16.4. The second kappa shape index (κ2) is 8.67. The summed E-state index contributed by atoms with van der Waals surface area (Å²) in [7, 11) is 0. The molecule has 2 unspecified atom stereocenters. The van der Waals surface area contributed by atoms with Crippen molar-refractivity contribution in [3.63, 3.8) is 0 Å². The van der Waals surface area contributed by atoms with Crippen molar-refractivity contribution in [1.29, 1.82) is 5.26 Å². The third-order valence-corrected chi connectivity index (χ3v) is 6.90.